The maximum absolute atomic E-state index is 5.45. The molecule has 1 saturated heterocycles. The number of ether oxygens (including phenoxy) is 1. The van der Waals surface area contributed by atoms with E-state index in [1.165, 1.54) is 5.57 Å². The highest BCUT2D eigenvalue weighted by Gasteiger charge is 2.32. The highest BCUT2D eigenvalue weighted by Crippen LogP contribution is 2.36. The lowest BCUT2D eigenvalue weighted by Gasteiger charge is -2.37. The number of hydrogen-bond donors (Lipinski definition) is 1. The second-order valence-electron chi connectivity index (χ2n) is 4.18. The number of thiol groups is 1. The molecule has 0 spiro atoms. The zero-order valence-electron chi connectivity index (χ0n) is 7.97. The fraction of sp³-hybridized carbons (Fsp3) is 0.800. The molecule has 1 fully saturated rings. The zero-order chi connectivity index (χ0) is 9.19. The topological polar surface area (TPSA) is 9.23 Å². The zero-order valence-corrected chi connectivity index (χ0v) is 8.86. The summed E-state index contributed by atoms with van der Waals surface area (Å²) in [5.41, 5.74) is 1.56. The smallest absolute Gasteiger partial charge is 0.0536 e. The van der Waals surface area contributed by atoms with Crippen LogP contribution in [0.4, 0.5) is 0 Å². The van der Waals surface area contributed by atoms with Gasteiger partial charge in [0.25, 0.3) is 0 Å². The second-order valence-corrected chi connectivity index (χ2v) is 4.50. The largest absolute Gasteiger partial charge is 0.380 e. The summed E-state index contributed by atoms with van der Waals surface area (Å²) in [6, 6.07) is 0. The molecule has 2 heteroatoms. The minimum Gasteiger partial charge on any atom is -0.380 e. The van der Waals surface area contributed by atoms with Gasteiger partial charge in [0.05, 0.1) is 13.2 Å². The lowest BCUT2D eigenvalue weighted by molar-refractivity contribution is 0.0458. The van der Waals surface area contributed by atoms with Gasteiger partial charge in [-0.2, -0.15) is 12.6 Å². The van der Waals surface area contributed by atoms with Crippen molar-refractivity contribution < 1.29 is 4.74 Å². The van der Waals surface area contributed by atoms with Crippen LogP contribution in [0.15, 0.2) is 12.2 Å². The van der Waals surface area contributed by atoms with Crippen LogP contribution in [-0.2, 0) is 4.74 Å². The van der Waals surface area contributed by atoms with Gasteiger partial charge in [0.15, 0.2) is 0 Å². The molecule has 0 bridgehead atoms. The van der Waals surface area contributed by atoms with Gasteiger partial charge in [-0.1, -0.05) is 26.0 Å². The van der Waals surface area contributed by atoms with Crippen LogP contribution in [-0.4, -0.2) is 19.0 Å². The molecule has 0 amide bonds. The summed E-state index contributed by atoms with van der Waals surface area (Å²) in [4.78, 5) is 0. The third-order valence-corrected chi connectivity index (χ3v) is 3.51. The Hall–Kier alpha value is 0.0500. The molecule has 70 valence electrons. The van der Waals surface area contributed by atoms with Gasteiger partial charge in [-0.15, -0.1) is 0 Å². The molecule has 0 aromatic carbocycles. The summed E-state index contributed by atoms with van der Waals surface area (Å²) >= 11 is 4.36. The van der Waals surface area contributed by atoms with Crippen molar-refractivity contribution in [2.75, 3.05) is 19.0 Å². The first kappa shape index (κ1) is 10.1. The van der Waals surface area contributed by atoms with E-state index in [2.05, 4.69) is 33.1 Å². The molecule has 0 unspecified atom stereocenters. The van der Waals surface area contributed by atoms with Crippen LogP contribution in [0.3, 0.4) is 0 Å². The van der Waals surface area contributed by atoms with E-state index in [-0.39, 0.29) is 5.41 Å². The van der Waals surface area contributed by atoms with Gasteiger partial charge in [0.2, 0.25) is 0 Å². The molecule has 0 N–H and O–H groups in total. The van der Waals surface area contributed by atoms with Gasteiger partial charge in [-0.3, -0.25) is 0 Å². The van der Waals surface area contributed by atoms with Crippen LogP contribution in [0.1, 0.15) is 20.3 Å². The van der Waals surface area contributed by atoms with Crippen molar-refractivity contribution >= 4 is 12.6 Å². The quantitative estimate of drug-likeness (QED) is 0.515. The Bertz CT molecular complexity index is 175. The van der Waals surface area contributed by atoms with Gasteiger partial charge >= 0.3 is 0 Å². The van der Waals surface area contributed by atoms with E-state index >= 15 is 0 Å². The highest BCUT2D eigenvalue weighted by atomic mass is 32.1. The first-order valence-electron chi connectivity index (χ1n) is 4.44. The summed E-state index contributed by atoms with van der Waals surface area (Å²) in [7, 11) is 0. The fourth-order valence-electron chi connectivity index (χ4n) is 1.58. The van der Waals surface area contributed by atoms with Gasteiger partial charge < -0.3 is 4.74 Å². The molecular formula is C10H18OS. The third-order valence-electron chi connectivity index (χ3n) is 2.70. The van der Waals surface area contributed by atoms with Crippen molar-refractivity contribution in [1.82, 2.24) is 0 Å². The van der Waals surface area contributed by atoms with E-state index in [1.807, 2.05) is 0 Å². The Kier molecular flexibility index (Phi) is 3.24. The SMILES string of the molecule is C=C1CCOC[C@@H]1C(C)(C)CS. The maximum Gasteiger partial charge on any atom is 0.0536 e. The second kappa shape index (κ2) is 3.84. The number of hydrogen-bond acceptors (Lipinski definition) is 2. The van der Waals surface area contributed by atoms with Crippen molar-refractivity contribution in [2.45, 2.75) is 20.3 Å². The van der Waals surface area contributed by atoms with E-state index in [0.717, 1.165) is 25.4 Å². The maximum atomic E-state index is 5.45. The summed E-state index contributed by atoms with van der Waals surface area (Å²) in [6.45, 7) is 10.2. The lowest BCUT2D eigenvalue weighted by Crippen LogP contribution is -2.34. The molecule has 12 heavy (non-hydrogen) atoms. The molecule has 0 aliphatic carbocycles. The van der Waals surface area contributed by atoms with Crippen LogP contribution in [0.25, 0.3) is 0 Å². The lowest BCUT2D eigenvalue weighted by atomic mass is 9.75. The summed E-state index contributed by atoms with van der Waals surface area (Å²) < 4.78 is 5.45. The molecule has 1 nitrogen and oxygen atoms in total. The van der Waals surface area contributed by atoms with E-state index in [4.69, 9.17) is 4.74 Å². The normalized spacial score (nSPS) is 25.9. The monoisotopic (exact) mass is 186 g/mol. The highest BCUT2D eigenvalue weighted by molar-refractivity contribution is 7.80. The van der Waals surface area contributed by atoms with Crippen LogP contribution in [0.5, 0.6) is 0 Å². The molecule has 1 aliphatic heterocycles. The summed E-state index contributed by atoms with van der Waals surface area (Å²) in [6.07, 6.45) is 1.02. The molecule has 1 atom stereocenters. The molecule has 1 aliphatic rings. The van der Waals surface area contributed by atoms with Crippen LogP contribution in [0, 0.1) is 11.3 Å². The molecule has 0 radical (unpaired) electrons. The molecule has 1 heterocycles. The summed E-state index contributed by atoms with van der Waals surface area (Å²) in [5, 5.41) is 0. The molecule has 1 rings (SSSR count). The first-order valence-corrected chi connectivity index (χ1v) is 5.07. The Balaban J connectivity index is 2.65. The Morgan fingerprint density at radius 3 is 2.83 bits per heavy atom. The number of rotatable bonds is 2. The van der Waals surface area contributed by atoms with Crippen LogP contribution >= 0.6 is 12.6 Å². The predicted octanol–water partition coefficient (Wildman–Crippen LogP) is 2.54. The van der Waals surface area contributed by atoms with Crippen molar-refractivity contribution in [1.29, 1.82) is 0 Å². The third kappa shape index (κ3) is 2.05. The van der Waals surface area contributed by atoms with E-state index < -0.39 is 0 Å². The van der Waals surface area contributed by atoms with Crippen molar-refractivity contribution in [3.63, 3.8) is 0 Å². The average molecular weight is 186 g/mol. The average Bonchev–Trinajstić information content (AvgIpc) is 2.05. The van der Waals surface area contributed by atoms with Gasteiger partial charge in [-0.25, -0.2) is 0 Å². The van der Waals surface area contributed by atoms with Gasteiger partial charge in [0.1, 0.15) is 0 Å². The minimum atomic E-state index is 0.223. The van der Waals surface area contributed by atoms with Crippen molar-refractivity contribution in [3.8, 4) is 0 Å². The molecular weight excluding hydrogens is 168 g/mol. The molecule has 0 aromatic rings. The minimum absolute atomic E-state index is 0.223. The Labute approximate surface area is 80.6 Å². The van der Waals surface area contributed by atoms with E-state index in [9.17, 15) is 0 Å². The van der Waals surface area contributed by atoms with Gasteiger partial charge in [-0.05, 0) is 17.6 Å². The van der Waals surface area contributed by atoms with E-state index in [1.54, 1.807) is 0 Å². The standard InChI is InChI=1S/C10H18OS/c1-8-4-5-11-6-9(8)10(2,3)7-12/h9,12H,1,4-7H2,2-3H3/t9-/m0/s1. The van der Waals surface area contributed by atoms with Crippen molar-refractivity contribution in [2.24, 2.45) is 11.3 Å². The van der Waals surface area contributed by atoms with E-state index in [0.29, 0.717) is 5.92 Å². The Morgan fingerprint density at radius 1 is 1.67 bits per heavy atom. The van der Waals surface area contributed by atoms with Crippen LogP contribution < -0.4 is 0 Å². The van der Waals surface area contributed by atoms with Gasteiger partial charge in [0, 0.05) is 5.92 Å². The first-order chi connectivity index (χ1) is 5.58. The van der Waals surface area contributed by atoms with Crippen molar-refractivity contribution in [3.05, 3.63) is 12.2 Å². The fourth-order valence-corrected chi connectivity index (χ4v) is 1.81. The predicted molar refractivity (Wildman–Crippen MR) is 55.7 cm³/mol. The summed E-state index contributed by atoms with van der Waals surface area (Å²) in [5.74, 6) is 1.38. The Morgan fingerprint density at radius 2 is 2.33 bits per heavy atom. The molecule has 0 aromatic heterocycles. The van der Waals surface area contributed by atoms with Crippen LogP contribution in [0.2, 0.25) is 0 Å². The molecule has 0 saturated carbocycles.